The predicted octanol–water partition coefficient (Wildman–Crippen LogP) is 11.3. The van der Waals surface area contributed by atoms with Gasteiger partial charge < -0.3 is 18.9 Å². The topological polar surface area (TPSA) is 40.2 Å². The molecular formula is C47H49NO4. The van der Waals surface area contributed by atoms with Crippen LogP contribution in [0.25, 0.3) is 21.9 Å². The molecule has 0 fully saturated rings. The minimum Gasteiger partial charge on any atom is -0.496 e. The molecule has 0 N–H and O–H groups in total. The first-order chi connectivity index (χ1) is 25.3. The van der Waals surface area contributed by atoms with Gasteiger partial charge in [0.1, 0.15) is 36.2 Å². The molecule has 0 saturated carbocycles. The fourth-order valence-corrected chi connectivity index (χ4v) is 7.70. The van der Waals surface area contributed by atoms with E-state index in [1.54, 1.807) is 7.11 Å². The van der Waals surface area contributed by atoms with Gasteiger partial charge in [-0.1, -0.05) is 97.1 Å². The Kier molecular flexibility index (Phi) is 10.5. The van der Waals surface area contributed by atoms with Crippen LogP contribution in [0.15, 0.2) is 121 Å². The number of nitrogens with zero attached hydrogens (tertiary/aromatic N) is 1. The molecule has 1 heterocycles. The van der Waals surface area contributed by atoms with Crippen molar-refractivity contribution in [1.82, 2.24) is 4.90 Å². The average molecular weight is 692 g/mol. The Morgan fingerprint density at radius 1 is 0.673 bits per heavy atom. The van der Waals surface area contributed by atoms with E-state index in [1.165, 1.54) is 16.7 Å². The van der Waals surface area contributed by atoms with Crippen LogP contribution in [0.2, 0.25) is 0 Å². The summed E-state index contributed by atoms with van der Waals surface area (Å²) in [6, 6.07) is 42.7. The molecule has 0 unspecified atom stereocenters. The molecule has 0 amide bonds. The van der Waals surface area contributed by atoms with Crippen LogP contribution in [0.3, 0.4) is 0 Å². The second-order valence-electron chi connectivity index (χ2n) is 14.2. The first-order valence-electron chi connectivity index (χ1n) is 18.4. The Bertz CT molecular complexity index is 2130. The van der Waals surface area contributed by atoms with E-state index in [1.807, 2.05) is 12.1 Å². The highest BCUT2D eigenvalue weighted by Crippen LogP contribution is 2.51. The summed E-state index contributed by atoms with van der Waals surface area (Å²) in [5, 5.41) is 2.04. The zero-order chi connectivity index (χ0) is 36.2. The summed E-state index contributed by atoms with van der Waals surface area (Å²) in [5.41, 5.74) is 9.32. The van der Waals surface area contributed by atoms with Gasteiger partial charge in [-0.25, -0.2) is 0 Å². The highest BCUT2D eigenvalue weighted by Gasteiger charge is 2.36. The van der Waals surface area contributed by atoms with Crippen LogP contribution in [0.1, 0.15) is 67.1 Å². The summed E-state index contributed by atoms with van der Waals surface area (Å²) in [7, 11) is 1.74. The summed E-state index contributed by atoms with van der Waals surface area (Å²) < 4.78 is 26.2. The van der Waals surface area contributed by atoms with Crippen LogP contribution in [0, 0.1) is 6.92 Å². The van der Waals surface area contributed by atoms with Crippen molar-refractivity contribution in [2.75, 3.05) is 7.11 Å². The number of rotatable bonds is 12. The van der Waals surface area contributed by atoms with Crippen LogP contribution in [0.4, 0.5) is 0 Å². The minimum atomic E-state index is 0.0101. The SMILES string of the molecule is COc1cc(C)cc2c(-c3c(OCc4ccccc4)cc(OCc4ccccc4)c4c3C[C@@H](C)N(Cc3ccccc3)[C@@H]4C)ccc(OC(C)C)c12. The molecule has 52 heavy (non-hydrogen) atoms. The molecule has 2 atom stereocenters. The molecule has 1 aliphatic rings. The second-order valence-corrected chi connectivity index (χ2v) is 14.2. The van der Waals surface area contributed by atoms with Gasteiger partial charge in [0.15, 0.2) is 0 Å². The normalized spacial score (nSPS) is 15.8. The predicted molar refractivity (Wildman–Crippen MR) is 212 cm³/mol. The number of fused-ring (bicyclic) bond motifs is 2. The Balaban J connectivity index is 1.47. The number of benzene rings is 6. The lowest BCUT2D eigenvalue weighted by atomic mass is 9.81. The number of ether oxygens (including phenoxy) is 4. The van der Waals surface area contributed by atoms with E-state index in [0.29, 0.717) is 13.2 Å². The molecule has 0 bridgehead atoms. The summed E-state index contributed by atoms with van der Waals surface area (Å²) in [5.74, 6) is 3.28. The van der Waals surface area contributed by atoms with Crippen molar-refractivity contribution in [3.63, 3.8) is 0 Å². The van der Waals surface area contributed by atoms with Crippen molar-refractivity contribution < 1.29 is 18.9 Å². The van der Waals surface area contributed by atoms with E-state index in [-0.39, 0.29) is 18.2 Å². The van der Waals surface area contributed by atoms with Crippen molar-refractivity contribution in [2.24, 2.45) is 0 Å². The van der Waals surface area contributed by atoms with Gasteiger partial charge in [-0.2, -0.15) is 0 Å². The fraction of sp³-hybridized carbons (Fsp3) is 0.277. The third-order valence-corrected chi connectivity index (χ3v) is 10.1. The molecule has 0 aromatic heterocycles. The van der Waals surface area contributed by atoms with Gasteiger partial charge in [-0.15, -0.1) is 0 Å². The number of aryl methyl sites for hydroxylation is 1. The van der Waals surface area contributed by atoms with Gasteiger partial charge in [-0.3, -0.25) is 4.90 Å². The number of methoxy groups -OCH3 is 1. The first kappa shape index (κ1) is 35.2. The molecule has 5 heteroatoms. The maximum Gasteiger partial charge on any atom is 0.131 e. The quantitative estimate of drug-likeness (QED) is 0.128. The molecule has 0 saturated heterocycles. The number of hydrogen-bond donors (Lipinski definition) is 0. The van der Waals surface area contributed by atoms with Gasteiger partial charge >= 0.3 is 0 Å². The molecule has 5 nitrogen and oxygen atoms in total. The fourth-order valence-electron chi connectivity index (χ4n) is 7.70. The second kappa shape index (κ2) is 15.5. The molecule has 6 aromatic carbocycles. The van der Waals surface area contributed by atoms with E-state index in [4.69, 9.17) is 18.9 Å². The molecule has 0 spiro atoms. The Labute approximate surface area is 308 Å². The standard InChI is InChI=1S/C47H49NO4/c1-31(2)52-41-23-22-38(39-24-32(3)25-42(49-6)47(39)41)46-40-26-33(4)48(28-35-16-10-7-11-17-35)34(5)45(40)43(50-29-36-18-12-8-13-19-36)27-44(46)51-30-37-20-14-9-15-21-37/h7-25,27,31,33-34H,26,28-30H2,1-6H3/t33-,34-/m1/s1. The van der Waals surface area contributed by atoms with Crippen LogP contribution in [-0.4, -0.2) is 24.2 Å². The van der Waals surface area contributed by atoms with Gasteiger partial charge in [0.05, 0.1) is 18.6 Å². The highest BCUT2D eigenvalue weighted by molar-refractivity contribution is 6.05. The molecule has 266 valence electrons. The van der Waals surface area contributed by atoms with Gasteiger partial charge in [0.25, 0.3) is 0 Å². The molecule has 7 rings (SSSR count). The summed E-state index contributed by atoms with van der Waals surface area (Å²) in [6.45, 7) is 12.7. The summed E-state index contributed by atoms with van der Waals surface area (Å²) in [6.07, 6.45) is 0.844. The van der Waals surface area contributed by atoms with Crippen molar-refractivity contribution in [1.29, 1.82) is 0 Å². The largest absolute Gasteiger partial charge is 0.496 e. The van der Waals surface area contributed by atoms with Crippen LogP contribution >= 0.6 is 0 Å². The van der Waals surface area contributed by atoms with Crippen molar-refractivity contribution >= 4 is 10.8 Å². The third kappa shape index (κ3) is 7.37. The molecule has 0 radical (unpaired) electrons. The summed E-state index contributed by atoms with van der Waals surface area (Å²) >= 11 is 0. The van der Waals surface area contributed by atoms with Gasteiger partial charge in [0.2, 0.25) is 0 Å². The maximum atomic E-state index is 6.90. The Hall–Kier alpha value is -5.26. The van der Waals surface area contributed by atoms with Crippen LogP contribution in [-0.2, 0) is 26.2 Å². The van der Waals surface area contributed by atoms with Crippen molar-refractivity contribution in [3.05, 3.63) is 155 Å². The Morgan fingerprint density at radius 2 is 1.27 bits per heavy atom. The van der Waals surface area contributed by atoms with Crippen molar-refractivity contribution in [3.8, 4) is 34.1 Å². The molecule has 1 aliphatic heterocycles. The average Bonchev–Trinajstić information content (AvgIpc) is 3.15. The van der Waals surface area contributed by atoms with Crippen LogP contribution in [0.5, 0.6) is 23.0 Å². The van der Waals surface area contributed by atoms with E-state index >= 15 is 0 Å². The molecular weight excluding hydrogens is 643 g/mol. The zero-order valence-corrected chi connectivity index (χ0v) is 31.2. The first-order valence-corrected chi connectivity index (χ1v) is 18.4. The summed E-state index contributed by atoms with van der Waals surface area (Å²) in [4.78, 5) is 2.60. The lowest BCUT2D eigenvalue weighted by Crippen LogP contribution is -2.41. The minimum absolute atomic E-state index is 0.0101. The Morgan fingerprint density at radius 3 is 1.87 bits per heavy atom. The zero-order valence-electron chi connectivity index (χ0n) is 31.2. The molecule has 6 aromatic rings. The van der Waals surface area contributed by atoms with Crippen LogP contribution < -0.4 is 18.9 Å². The third-order valence-electron chi connectivity index (χ3n) is 10.1. The van der Waals surface area contributed by atoms with E-state index in [0.717, 1.165) is 74.6 Å². The number of hydrogen-bond acceptors (Lipinski definition) is 5. The maximum absolute atomic E-state index is 6.90. The van der Waals surface area contributed by atoms with E-state index in [9.17, 15) is 0 Å². The smallest absolute Gasteiger partial charge is 0.131 e. The highest BCUT2D eigenvalue weighted by atomic mass is 16.5. The van der Waals surface area contributed by atoms with Crippen molar-refractivity contribution in [2.45, 2.75) is 79.0 Å². The van der Waals surface area contributed by atoms with Gasteiger partial charge in [0, 0.05) is 35.8 Å². The van der Waals surface area contributed by atoms with E-state index < -0.39 is 0 Å². The van der Waals surface area contributed by atoms with E-state index in [2.05, 4.69) is 149 Å². The van der Waals surface area contributed by atoms with Gasteiger partial charge in [-0.05, 0) is 98.0 Å². The lowest BCUT2D eigenvalue weighted by Gasteiger charge is -2.42. The lowest BCUT2D eigenvalue weighted by molar-refractivity contribution is 0.125. The monoisotopic (exact) mass is 691 g/mol. The molecule has 0 aliphatic carbocycles.